The van der Waals surface area contributed by atoms with Crippen LogP contribution >= 0.6 is 11.3 Å². The number of carbonyl (C=O) groups is 2. The van der Waals surface area contributed by atoms with Crippen molar-refractivity contribution >= 4 is 28.9 Å². The van der Waals surface area contributed by atoms with Gasteiger partial charge in [0, 0.05) is 17.4 Å². The zero-order chi connectivity index (χ0) is 22.0. The monoisotopic (exact) mass is 436 g/mol. The Hall–Kier alpha value is -3.65. The quantitative estimate of drug-likeness (QED) is 0.358. The largest absolute Gasteiger partial charge is 0.506 e. The first-order valence-corrected chi connectivity index (χ1v) is 10.5. The Morgan fingerprint density at radius 2 is 1.90 bits per heavy atom. The second-order valence-corrected chi connectivity index (χ2v) is 7.83. The molecule has 1 amide bonds. The minimum atomic E-state index is -0.472. The first kappa shape index (κ1) is 20.6. The van der Waals surface area contributed by atoms with Gasteiger partial charge >= 0.3 is 5.97 Å². The van der Waals surface area contributed by atoms with E-state index >= 15 is 0 Å². The molecule has 0 saturated carbocycles. The fourth-order valence-corrected chi connectivity index (χ4v) is 4.28. The molecule has 0 radical (unpaired) electrons. The molecule has 1 aliphatic heterocycles. The molecule has 1 aliphatic rings. The average molecular weight is 436 g/mol. The third-order valence-corrected chi connectivity index (χ3v) is 6.02. The Balaban J connectivity index is 1.49. The standard InChI is InChI=1S/C23H20N2O5S/c1-13(24-25-22(27)14-3-5-15(6-4-14)23(28)29-2)18-12-31-21(20(18)26)17-7-8-19-16(11-17)9-10-30-19/h3-8,11-12,26H,9-10H2,1-2H3,(H,25,27)/b24-13+. The number of carbonyl (C=O) groups excluding carboxylic acids is 2. The number of ether oxygens (including phenoxy) is 2. The van der Waals surface area contributed by atoms with E-state index in [9.17, 15) is 14.7 Å². The van der Waals surface area contributed by atoms with Gasteiger partial charge in [0.2, 0.25) is 0 Å². The van der Waals surface area contributed by atoms with Crippen LogP contribution in [-0.2, 0) is 11.2 Å². The van der Waals surface area contributed by atoms with Gasteiger partial charge in [0.15, 0.2) is 0 Å². The molecule has 2 aromatic carbocycles. The molecular weight excluding hydrogens is 416 g/mol. The van der Waals surface area contributed by atoms with E-state index in [0.717, 1.165) is 28.2 Å². The van der Waals surface area contributed by atoms with Crippen LogP contribution in [0.25, 0.3) is 10.4 Å². The second-order valence-electron chi connectivity index (χ2n) is 6.96. The number of hydrogen-bond acceptors (Lipinski definition) is 7. The number of aromatic hydroxyl groups is 1. The summed E-state index contributed by atoms with van der Waals surface area (Å²) in [4.78, 5) is 24.6. The van der Waals surface area contributed by atoms with Crippen LogP contribution in [-0.4, -0.2) is 36.4 Å². The Kier molecular flexibility index (Phi) is 5.73. The van der Waals surface area contributed by atoms with Crippen LogP contribution < -0.4 is 10.2 Å². The van der Waals surface area contributed by atoms with E-state index in [1.165, 1.54) is 42.7 Å². The van der Waals surface area contributed by atoms with Crippen molar-refractivity contribution in [1.29, 1.82) is 0 Å². The Bertz CT molecular complexity index is 1180. The van der Waals surface area contributed by atoms with E-state index in [1.54, 1.807) is 6.92 Å². The third kappa shape index (κ3) is 4.15. The van der Waals surface area contributed by atoms with Gasteiger partial charge in [-0.3, -0.25) is 4.79 Å². The van der Waals surface area contributed by atoms with Crippen molar-refractivity contribution in [3.63, 3.8) is 0 Å². The van der Waals surface area contributed by atoms with Crippen LogP contribution in [0.2, 0.25) is 0 Å². The number of thiophene rings is 1. The average Bonchev–Trinajstić information content (AvgIpc) is 3.42. The van der Waals surface area contributed by atoms with Crippen molar-refractivity contribution in [2.24, 2.45) is 5.10 Å². The Morgan fingerprint density at radius 3 is 2.65 bits per heavy atom. The molecule has 0 spiro atoms. The molecule has 0 bridgehead atoms. The number of amides is 1. The summed E-state index contributed by atoms with van der Waals surface area (Å²) in [6.45, 7) is 2.39. The fraction of sp³-hybridized carbons (Fsp3) is 0.174. The lowest BCUT2D eigenvalue weighted by Crippen LogP contribution is -2.19. The molecule has 0 aliphatic carbocycles. The maximum Gasteiger partial charge on any atom is 0.337 e. The Labute approximate surface area is 182 Å². The third-order valence-electron chi connectivity index (χ3n) is 5.00. The lowest BCUT2D eigenvalue weighted by atomic mass is 10.1. The van der Waals surface area contributed by atoms with Gasteiger partial charge in [-0.05, 0) is 60.5 Å². The van der Waals surface area contributed by atoms with E-state index in [0.29, 0.717) is 29.0 Å². The van der Waals surface area contributed by atoms with Gasteiger partial charge in [-0.15, -0.1) is 11.3 Å². The van der Waals surface area contributed by atoms with E-state index in [-0.39, 0.29) is 5.75 Å². The van der Waals surface area contributed by atoms with Crippen LogP contribution in [0.15, 0.2) is 52.9 Å². The molecule has 158 valence electrons. The van der Waals surface area contributed by atoms with Crippen molar-refractivity contribution in [2.45, 2.75) is 13.3 Å². The molecule has 0 atom stereocenters. The van der Waals surface area contributed by atoms with Gasteiger partial charge in [-0.1, -0.05) is 0 Å². The van der Waals surface area contributed by atoms with Crippen molar-refractivity contribution in [3.05, 3.63) is 70.1 Å². The van der Waals surface area contributed by atoms with Crippen molar-refractivity contribution in [3.8, 4) is 21.9 Å². The molecule has 31 heavy (non-hydrogen) atoms. The van der Waals surface area contributed by atoms with Crippen molar-refractivity contribution in [2.75, 3.05) is 13.7 Å². The minimum absolute atomic E-state index is 0.127. The molecule has 8 heteroatoms. The lowest BCUT2D eigenvalue weighted by molar-refractivity contribution is 0.0600. The zero-order valence-corrected chi connectivity index (χ0v) is 17.8. The lowest BCUT2D eigenvalue weighted by Gasteiger charge is -2.05. The molecule has 0 saturated heterocycles. The normalized spacial score (nSPS) is 12.8. The summed E-state index contributed by atoms with van der Waals surface area (Å²) < 4.78 is 10.2. The predicted octanol–water partition coefficient (Wildman–Crippen LogP) is 4.00. The number of methoxy groups -OCH3 is 1. The van der Waals surface area contributed by atoms with Crippen LogP contribution in [0.1, 0.15) is 38.8 Å². The van der Waals surface area contributed by atoms with Gasteiger partial charge < -0.3 is 14.6 Å². The number of esters is 1. The van der Waals surface area contributed by atoms with Crippen LogP contribution in [0.5, 0.6) is 11.5 Å². The van der Waals surface area contributed by atoms with Gasteiger partial charge in [0.25, 0.3) is 5.91 Å². The van der Waals surface area contributed by atoms with Crippen LogP contribution in [0.3, 0.4) is 0 Å². The number of nitrogens with one attached hydrogen (secondary N) is 1. The highest BCUT2D eigenvalue weighted by molar-refractivity contribution is 7.14. The number of benzene rings is 2. The first-order chi connectivity index (χ1) is 15.0. The molecule has 4 rings (SSSR count). The summed E-state index contributed by atoms with van der Waals surface area (Å²) in [6.07, 6.45) is 0.856. The molecular formula is C23H20N2O5S. The van der Waals surface area contributed by atoms with Crippen LogP contribution in [0.4, 0.5) is 0 Å². The summed E-state index contributed by atoms with van der Waals surface area (Å²) in [5.74, 6) is 0.117. The Morgan fingerprint density at radius 1 is 1.16 bits per heavy atom. The fourth-order valence-electron chi connectivity index (χ4n) is 3.28. The highest BCUT2D eigenvalue weighted by atomic mass is 32.1. The molecule has 0 fully saturated rings. The SMILES string of the molecule is COC(=O)c1ccc(C(=O)N/N=C(\C)c2csc(-c3ccc4c(c3)CCO4)c2O)cc1. The maximum absolute atomic E-state index is 12.3. The van der Waals surface area contributed by atoms with Gasteiger partial charge in [-0.25, -0.2) is 10.2 Å². The van der Waals surface area contributed by atoms with Crippen molar-refractivity contribution in [1.82, 2.24) is 5.43 Å². The molecule has 0 unspecified atom stereocenters. The summed E-state index contributed by atoms with van der Waals surface area (Å²) in [6, 6.07) is 11.9. The summed E-state index contributed by atoms with van der Waals surface area (Å²) in [7, 11) is 1.30. The second kappa shape index (κ2) is 8.61. The number of hydrogen-bond donors (Lipinski definition) is 2. The van der Waals surface area contributed by atoms with Crippen LogP contribution in [0, 0.1) is 0 Å². The molecule has 3 aromatic rings. The van der Waals surface area contributed by atoms with E-state index in [2.05, 4.69) is 15.3 Å². The summed E-state index contributed by atoms with van der Waals surface area (Å²) in [5, 5.41) is 16.7. The highest BCUT2D eigenvalue weighted by Gasteiger charge is 2.18. The van der Waals surface area contributed by atoms with E-state index in [1.807, 2.05) is 23.6 Å². The van der Waals surface area contributed by atoms with Gasteiger partial charge in [0.05, 0.1) is 35.4 Å². The molecule has 2 N–H and O–H groups in total. The van der Waals surface area contributed by atoms with Gasteiger partial charge in [0.1, 0.15) is 11.5 Å². The topological polar surface area (TPSA) is 97.2 Å². The maximum atomic E-state index is 12.3. The number of fused-ring (bicyclic) bond motifs is 1. The van der Waals surface area contributed by atoms with Crippen molar-refractivity contribution < 1.29 is 24.2 Å². The summed E-state index contributed by atoms with van der Waals surface area (Å²) in [5.41, 5.74) is 6.26. The van der Waals surface area contributed by atoms with E-state index < -0.39 is 11.9 Å². The zero-order valence-electron chi connectivity index (χ0n) is 17.0. The number of nitrogens with zero attached hydrogens (tertiary/aromatic N) is 1. The molecule has 7 nitrogen and oxygen atoms in total. The molecule has 1 aromatic heterocycles. The smallest absolute Gasteiger partial charge is 0.337 e. The molecule has 2 heterocycles. The van der Waals surface area contributed by atoms with E-state index in [4.69, 9.17) is 4.74 Å². The highest BCUT2D eigenvalue weighted by Crippen LogP contribution is 2.40. The van der Waals surface area contributed by atoms with Gasteiger partial charge in [-0.2, -0.15) is 5.10 Å². The predicted molar refractivity (Wildman–Crippen MR) is 118 cm³/mol. The minimum Gasteiger partial charge on any atom is -0.506 e. The number of rotatable bonds is 5. The number of hydrazone groups is 1. The summed E-state index contributed by atoms with van der Waals surface area (Å²) >= 11 is 1.41. The first-order valence-electron chi connectivity index (χ1n) is 9.58.